The number of rotatable bonds is 3. The Balaban J connectivity index is 3.27. The minimum absolute atomic E-state index is 0.0586. The third-order valence-corrected chi connectivity index (χ3v) is 4.83. The number of carbonyl (C=O) groups is 2. The van der Waals surface area contributed by atoms with Crippen molar-refractivity contribution < 1.29 is 27.5 Å². The minimum Gasteiger partial charge on any atom is -0.468 e. The molecular formula is C11H16O6S. The van der Waals surface area contributed by atoms with Gasteiger partial charge in [-0.3, -0.25) is 9.59 Å². The van der Waals surface area contributed by atoms with Gasteiger partial charge in [0.2, 0.25) is 0 Å². The lowest BCUT2D eigenvalue weighted by Crippen LogP contribution is -2.41. The van der Waals surface area contributed by atoms with Gasteiger partial charge in [-0.05, 0) is 18.4 Å². The smallest absolute Gasteiger partial charge is 0.327 e. The lowest BCUT2D eigenvalue weighted by atomic mass is 9.83. The minimum atomic E-state index is -3.37. The normalized spacial score (nSPS) is 22.6. The fourth-order valence-corrected chi connectivity index (χ4v) is 3.25. The molecule has 0 aromatic heterocycles. The molecule has 7 heteroatoms. The molecule has 0 N–H and O–H groups in total. The summed E-state index contributed by atoms with van der Waals surface area (Å²) in [6, 6.07) is 0. The molecule has 0 amide bonds. The summed E-state index contributed by atoms with van der Waals surface area (Å²) in [6.45, 7) is 3.64. The van der Waals surface area contributed by atoms with Gasteiger partial charge >= 0.3 is 11.9 Å². The summed E-state index contributed by atoms with van der Waals surface area (Å²) in [5.74, 6) is -1.66. The van der Waals surface area contributed by atoms with Crippen LogP contribution in [0.2, 0.25) is 0 Å². The van der Waals surface area contributed by atoms with Crippen molar-refractivity contribution in [3.05, 3.63) is 12.2 Å². The summed E-state index contributed by atoms with van der Waals surface area (Å²) in [4.78, 5) is 23.7. The second-order valence-corrected chi connectivity index (χ2v) is 6.68. The molecule has 1 saturated carbocycles. The maximum atomic E-state index is 11.8. The van der Waals surface area contributed by atoms with E-state index < -0.39 is 32.4 Å². The summed E-state index contributed by atoms with van der Waals surface area (Å²) in [7, 11) is -1.10. The largest absolute Gasteiger partial charge is 0.468 e. The molecule has 1 fully saturated rings. The van der Waals surface area contributed by atoms with E-state index in [1.807, 2.05) is 0 Å². The molecule has 0 aromatic carbocycles. The molecule has 1 aliphatic carbocycles. The summed E-state index contributed by atoms with van der Waals surface area (Å²) in [5, 5.41) is -0.816. The van der Waals surface area contributed by atoms with Crippen LogP contribution in [0, 0.1) is 5.41 Å². The molecule has 0 radical (unpaired) electrons. The van der Waals surface area contributed by atoms with Gasteiger partial charge in [-0.15, -0.1) is 0 Å². The first-order chi connectivity index (χ1) is 8.20. The van der Waals surface area contributed by atoms with Crippen LogP contribution in [-0.4, -0.2) is 46.1 Å². The number of esters is 2. The molecule has 1 rings (SSSR count). The zero-order valence-electron chi connectivity index (χ0n) is 10.6. The monoisotopic (exact) mass is 276 g/mol. The zero-order chi connectivity index (χ0) is 14.1. The SMILES string of the molecule is C=C1C[C@@H](S(C)(=O)=O)CC1(C(=O)OC)C(=O)OC. The van der Waals surface area contributed by atoms with E-state index in [1.165, 1.54) is 0 Å². The third-order valence-electron chi connectivity index (χ3n) is 3.28. The Morgan fingerprint density at radius 3 is 2.00 bits per heavy atom. The molecule has 102 valence electrons. The quantitative estimate of drug-likeness (QED) is 0.412. The van der Waals surface area contributed by atoms with Gasteiger partial charge in [-0.1, -0.05) is 6.58 Å². The van der Waals surface area contributed by atoms with Gasteiger partial charge in [0.15, 0.2) is 15.3 Å². The number of hydrogen-bond acceptors (Lipinski definition) is 6. The van der Waals surface area contributed by atoms with Crippen LogP contribution in [0.5, 0.6) is 0 Å². The number of hydrogen-bond donors (Lipinski definition) is 0. The van der Waals surface area contributed by atoms with Crippen molar-refractivity contribution >= 4 is 21.8 Å². The molecule has 0 saturated heterocycles. The Bertz CT molecular complexity index is 474. The Morgan fingerprint density at radius 2 is 1.72 bits per heavy atom. The maximum Gasteiger partial charge on any atom is 0.327 e. The van der Waals surface area contributed by atoms with Crippen LogP contribution >= 0.6 is 0 Å². The summed E-state index contributed by atoms with van der Waals surface area (Å²) in [5.41, 5.74) is -1.48. The van der Waals surface area contributed by atoms with Gasteiger partial charge in [0, 0.05) is 6.26 Å². The van der Waals surface area contributed by atoms with E-state index in [0.717, 1.165) is 20.5 Å². The van der Waals surface area contributed by atoms with Gasteiger partial charge in [0.25, 0.3) is 0 Å². The van der Waals surface area contributed by atoms with Crippen LogP contribution in [0.3, 0.4) is 0 Å². The second kappa shape index (κ2) is 4.72. The number of carbonyl (C=O) groups excluding carboxylic acids is 2. The molecule has 6 nitrogen and oxygen atoms in total. The van der Waals surface area contributed by atoms with Crippen molar-refractivity contribution in [3.63, 3.8) is 0 Å². The van der Waals surface area contributed by atoms with Crippen molar-refractivity contribution in [2.45, 2.75) is 18.1 Å². The highest BCUT2D eigenvalue weighted by Crippen LogP contribution is 2.46. The lowest BCUT2D eigenvalue weighted by Gasteiger charge is -2.24. The molecule has 0 spiro atoms. The van der Waals surface area contributed by atoms with Crippen molar-refractivity contribution in [2.75, 3.05) is 20.5 Å². The first-order valence-electron chi connectivity index (χ1n) is 5.24. The van der Waals surface area contributed by atoms with E-state index in [4.69, 9.17) is 0 Å². The maximum absolute atomic E-state index is 11.8. The Morgan fingerprint density at radius 1 is 1.28 bits per heavy atom. The average molecular weight is 276 g/mol. The zero-order valence-corrected chi connectivity index (χ0v) is 11.4. The van der Waals surface area contributed by atoms with Crippen molar-refractivity contribution in [1.82, 2.24) is 0 Å². The molecule has 0 heterocycles. The molecule has 1 aliphatic rings. The van der Waals surface area contributed by atoms with Crippen LogP contribution < -0.4 is 0 Å². The summed E-state index contributed by atoms with van der Waals surface area (Å²) >= 11 is 0. The highest BCUT2D eigenvalue weighted by atomic mass is 32.2. The standard InChI is InChI=1S/C11H16O6S/c1-7-5-8(18(4,14)15)6-11(7,9(12)16-2)10(13)17-3/h8H,1,5-6H2,2-4H3/t8-/m1/s1. The van der Waals surface area contributed by atoms with Crippen LogP contribution in [0.1, 0.15) is 12.8 Å². The average Bonchev–Trinajstić information content (AvgIpc) is 2.66. The van der Waals surface area contributed by atoms with E-state index in [9.17, 15) is 18.0 Å². The molecule has 0 unspecified atom stereocenters. The van der Waals surface area contributed by atoms with Gasteiger partial charge in [0.05, 0.1) is 19.5 Å². The van der Waals surface area contributed by atoms with Gasteiger partial charge < -0.3 is 9.47 Å². The summed E-state index contributed by atoms with van der Waals surface area (Å²) < 4.78 is 32.3. The molecule has 0 aliphatic heterocycles. The highest BCUT2D eigenvalue weighted by Gasteiger charge is 2.58. The molecule has 0 aromatic rings. The van der Waals surface area contributed by atoms with E-state index in [0.29, 0.717) is 0 Å². The Hall–Kier alpha value is -1.37. The second-order valence-electron chi connectivity index (χ2n) is 4.35. The van der Waals surface area contributed by atoms with Gasteiger partial charge in [0.1, 0.15) is 0 Å². The van der Waals surface area contributed by atoms with Crippen molar-refractivity contribution in [3.8, 4) is 0 Å². The summed E-state index contributed by atoms with van der Waals surface area (Å²) in [6.07, 6.45) is 0.947. The van der Waals surface area contributed by atoms with Crippen molar-refractivity contribution in [1.29, 1.82) is 0 Å². The molecule has 1 atom stereocenters. The van der Waals surface area contributed by atoms with Crippen LogP contribution in [0.15, 0.2) is 12.2 Å². The number of methoxy groups -OCH3 is 2. The molecular weight excluding hydrogens is 260 g/mol. The molecule has 18 heavy (non-hydrogen) atoms. The van der Waals surface area contributed by atoms with Crippen LogP contribution in [0.4, 0.5) is 0 Å². The topological polar surface area (TPSA) is 86.7 Å². The fraction of sp³-hybridized carbons (Fsp3) is 0.636. The molecule has 0 bridgehead atoms. The van der Waals surface area contributed by atoms with E-state index in [-0.39, 0.29) is 18.4 Å². The van der Waals surface area contributed by atoms with E-state index in [2.05, 4.69) is 16.1 Å². The first-order valence-corrected chi connectivity index (χ1v) is 7.19. The highest BCUT2D eigenvalue weighted by molar-refractivity contribution is 7.91. The number of sulfone groups is 1. The van der Waals surface area contributed by atoms with Gasteiger partial charge in [-0.25, -0.2) is 8.42 Å². The van der Waals surface area contributed by atoms with Crippen LogP contribution in [-0.2, 0) is 28.9 Å². The predicted octanol–water partition coefficient (Wildman–Crippen LogP) is 0.0820. The lowest BCUT2D eigenvalue weighted by molar-refractivity contribution is -0.165. The van der Waals surface area contributed by atoms with E-state index >= 15 is 0 Å². The predicted molar refractivity (Wildman–Crippen MR) is 63.5 cm³/mol. The first kappa shape index (κ1) is 14.7. The third kappa shape index (κ3) is 2.14. The Labute approximate surface area is 106 Å². The van der Waals surface area contributed by atoms with Crippen molar-refractivity contribution in [2.24, 2.45) is 5.41 Å². The number of ether oxygens (including phenoxy) is 2. The van der Waals surface area contributed by atoms with Crippen LogP contribution in [0.25, 0.3) is 0 Å². The Kier molecular flexibility index (Phi) is 3.85. The van der Waals surface area contributed by atoms with Gasteiger partial charge in [-0.2, -0.15) is 0 Å². The van der Waals surface area contributed by atoms with E-state index in [1.54, 1.807) is 0 Å². The fourth-order valence-electron chi connectivity index (χ4n) is 2.20.